The summed E-state index contributed by atoms with van der Waals surface area (Å²) in [6.45, 7) is 0.179. The Hall–Kier alpha value is -0.560. The van der Waals surface area contributed by atoms with Gasteiger partial charge in [-0.05, 0) is 41.3 Å². The minimum atomic E-state index is -4.34. The third-order valence-electron chi connectivity index (χ3n) is 2.92. The van der Waals surface area contributed by atoms with Crippen molar-refractivity contribution in [3.63, 3.8) is 0 Å². The number of likely N-dealkylation sites (tertiary alicyclic amines) is 1. The van der Waals surface area contributed by atoms with Crippen LogP contribution in [0.5, 0.6) is 0 Å². The molecule has 1 saturated heterocycles. The van der Waals surface area contributed by atoms with Crippen molar-refractivity contribution in [1.82, 2.24) is 4.90 Å². The number of thiophene rings is 1. The molecule has 0 saturated carbocycles. The van der Waals surface area contributed by atoms with Gasteiger partial charge in [-0.1, -0.05) is 0 Å². The Bertz CT molecular complexity index is 446. The maximum atomic E-state index is 12.9. The Morgan fingerprint density at radius 1 is 1.44 bits per heavy atom. The summed E-state index contributed by atoms with van der Waals surface area (Å²) in [5.41, 5.74) is 0. The summed E-state index contributed by atoms with van der Waals surface area (Å²) in [7, 11) is 0. The number of hydrogen-bond acceptors (Lipinski definition) is 2. The van der Waals surface area contributed by atoms with Crippen molar-refractivity contribution in [3.05, 3.63) is 20.8 Å². The van der Waals surface area contributed by atoms with E-state index in [-0.39, 0.29) is 13.0 Å². The molecule has 18 heavy (non-hydrogen) atoms. The number of nitrogens with zero attached hydrogens (tertiary/aromatic N) is 1. The zero-order valence-electron chi connectivity index (χ0n) is 9.34. The lowest BCUT2D eigenvalue weighted by molar-refractivity contribution is -0.183. The number of piperidine rings is 1. The Morgan fingerprint density at radius 2 is 2.17 bits per heavy atom. The van der Waals surface area contributed by atoms with Gasteiger partial charge >= 0.3 is 6.18 Å². The molecule has 1 fully saturated rings. The van der Waals surface area contributed by atoms with Crippen LogP contribution in [0.15, 0.2) is 15.9 Å². The lowest BCUT2D eigenvalue weighted by atomic mass is 10.0. The van der Waals surface area contributed by atoms with Crippen LogP contribution in [0.4, 0.5) is 13.2 Å². The van der Waals surface area contributed by atoms with Gasteiger partial charge in [-0.15, -0.1) is 11.3 Å². The molecule has 2 heterocycles. The molecule has 1 aliphatic heterocycles. The number of alkyl halides is 3. The fourth-order valence-corrected chi connectivity index (χ4v) is 3.46. The minimum absolute atomic E-state index is 0.00177. The second-order valence-corrected chi connectivity index (χ2v) is 6.01. The van der Waals surface area contributed by atoms with Crippen molar-refractivity contribution in [2.24, 2.45) is 0 Å². The third-order valence-corrected chi connectivity index (χ3v) is 4.60. The van der Waals surface area contributed by atoms with E-state index >= 15 is 0 Å². The van der Waals surface area contributed by atoms with Crippen LogP contribution in [0.2, 0.25) is 0 Å². The first-order valence-corrected chi connectivity index (χ1v) is 7.18. The van der Waals surface area contributed by atoms with E-state index in [0.717, 1.165) is 20.7 Å². The van der Waals surface area contributed by atoms with Crippen molar-refractivity contribution < 1.29 is 18.0 Å². The van der Waals surface area contributed by atoms with Crippen LogP contribution in [-0.2, 0) is 0 Å². The van der Waals surface area contributed by atoms with E-state index in [9.17, 15) is 18.0 Å². The summed E-state index contributed by atoms with van der Waals surface area (Å²) >= 11 is 4.36. The molecule has 1 atom stereocenters. The average Bonchev–Trinajstić information content (AvgIpc) is 2.74. The second kappa shape index (κ2) is 5.21. The lowest BCUT2D eigenvalue weighted by Crippen LogP contribution is -2.51. The molecular formula is C11H11BrF3NOS. The predicted octanol–water partition coefficient (Wildman–Crippen LogP) is 4.07. The molecule has 2 nitrogen and oxygen atoms in total. The molecule has 1 unspecified atom stereocenters. The van der Waals surface area contributed by atoms with Gasteiger partial charge in [0, 0.05) is 16.4 Å². The second-order valence-electron chi connectivity index (χ2n) is 4.18. The summed E-state index contributed by atoms with van der Waals surface area (Å²) in [5, 5.41) is 1.69. The fourth-order valence-electron chi connectivity index (χ4n) is 2.08. The number of hydrogen-bond donors (Lipinski definition) is 0. The van der Waals surface area contributed by atoms with Gasteiger partial charge in [0.25, 0.3) is 5.91 Å². The number of rotatable bonds is 1. The summed E-state index contributed by atoms with van der Waals surface area (Å²) in [4.78, 5) is 13.4. The molecule has 0 radical (unpaired) electrons. The first kappa shape index (κ1) is 13.9. The summed E-state index contributed by atoms with van der Waals surface area (Å²) in [6, 6.07) is -0.0747. The molecule has 0 spiro atoms. The molecule has 7 heteroatoms. The van der Waals surface area contributed by atoms with Gasteiger partial charge < -0.3 is 4.90 Å². The summed E-state index contributed by atoms with van der Waals surface area (Å²) in [6.07, 6.45) is -3.20. The van der Waals surface area contributed by atoms with E-state index in [1.54, 1.807) is 11.4 Å². The van der Waals surface area contributed by atoms with E-state index in [1.165, 1.54) is 0 Å². The Labute approximate surface area is 115 Å². The lowest BCUT2D eigenvalue weighted by Gasteiger charge is -2.36. The molecule has 0 N–H and O–H groups in total. The maximum Gasteiger partial charge on any atom is 0.408 e. The maximum absolute atomic E-state index is 12.9. The van der Waals surface area contributed by atoms with Crippen LogP contribution in [0, 0.1) is 0 Å². The summed E-state index contributed by atoms with van der Waals surface area (Å²) in [5.74, 6) is -0.521. The van der Waals surface area contributed by atoms with Crippen LogP contribution in [0.3, 0.4) is 0 Å². The zero-order valence-corrected chi connectivity index (χ0v) is 11.7. The zero-order chi connectivity index (χ0) is 13.3. The Kier molecular flexibility index (Phi) is 4.01. The highest BCUT2D eigenvalue weighted by Gasteiger charge is 2.46. The van der Waals surface area contributed by atoms with E-state index in [2.05, 4.69) is 15.9 Å². The third kappa shape index (κ3) is 2.88. The van der Waals surface area contributed by atoms with Crippen molar-refractivity contribution in [2.75, 3.05) is 6.54 Å². The standard InChI is InChI=1S/C11H11BrF3NOS/c12-7-5-8(18-6-7)10(17)16-4-2-1-3-9(16)11(13,14)15/h5-6,9H,1-4H2. The molecule has 1 aliphatic rings. The molecule has 0 aromatic carbocycles. The number of halogens is 4. The van der Waals surface area contributed by atoms with Crippen molar-refractivity contribution in [2.45, 2.75) is 31.5 Å². The SMILES string of the molecule is O=C(c1cc(Br)cs1)N1CCCCC1C(F)(F)F. The van der Waals surface area contributed by atoms with Crippen LogP contribution >= 0.6 is 27.3 Å². The monoisotopic (exact) mass is 341 g/mol. The van der Waals surface area contributed by atoms with Gasteiger partial charge in [-0.3, -0.25) is 4.79 Å². The topological polar surface area (TPSA) is 20.3 Å². The van der Waals surface area contributed by atoms with Crippen LogP contribution in [-0.4, -0.2) is 29.6 Å². The predicted molar refractivity (Wildman–Crippen MR) is 66.7 cm³/mol. The largest absolute Gasteiger partial charge is 0.408 e. The Morgan fingerprint density at radius 3 is 2.72 bits per heavy atom. The number of carbonyl (C=O) groups is 1. The highest BCUT2D eigenvalue weighted by Crippen LogP contribution is 2.33. The molecule has 0 aliphatic carbocycles. The van der Waals surface area contributed by atoms with Crippen LogP contribution < -0.4 is 0 Å². The molecule has 0 bridgehead atoms. The first-order chi connectivity index (χ1) is 8.39. The molecular weight excluding hydrogens is 331 g/mol. The molecule has 1 aromatic heterocycles. The first-order valence-electron chi connectivity index (χ1n) is 5.51. The van der Waals surface area contributed by atoms with Crippen LogP contribution in [0.1, 0.15) is 28.9 Å². The van der Waals surface area contributed by atoms with Crippen molar-refractivity contribution >= 4 is 33.2 Å². The number of carbonyl (C=O) groups excluding carboxylic acids is 1. The average molecular weight is 342 g/mol. The number of amides is 1. The van der Waals surface area contributed by atoms with Gasteiger partial charge in [-0.25, -0.2) is 0 Å². The summed E-state index contributed by atoms with van der Waals surface area (Å²) < 4.78 is 39.3. The van der Waals surface area contributed by atoms with E-state index in [1.807, 2.05) is 0 Å². The van der Waals surface area contributed by atoms with E-state index in [0.29, 0.717) is 17.7 Å². The van der Waals surface area contributed by atoms with E-state index < -0.39 is 18.1 Å². The van der Waals surface area contributed by atoms with Crippen LogP contribution in [0.25, 0.3) is 0 Å². The molecule has 100 valence electrons. The van der Waals surface area contributed by atoms with Gasteiger partial charge in [-0.2, -0.15) is 13.2 Å². The van der Waals surface area contributed by atoms with Crippen molar-refractivity contribution in [3.8, 4) is 0 Å². The van der Waals surface area contributed by atoms with E-state index in [4.69, 9.17) is 0 Å². The molecule has 1 amide bonds. The van der Waals surface area contributed by atoms with Gasteiger partial charge in [0.2, 0.25) is 0 Å². The fraction of sp³-hybridized carbons (Fsp3) is 0.545. The molecule has 1 aromatic rings. The Balaban J connectivity index is 2.21. The van der Waals surface area contributed by atoms with Gasteiger partial charge in [0.15, 0.2) is 0 Å². The molecule has 2 rings (SSSR count). The smallest absolute Gasteiger partial charge is 0.326 e. The quantitative estimate of drug-likeness (QED) is 0.754. The highest BCUT2D eigenvalue weighted by atomic mass is 79.9. The van der Waals surface area contributed by atoms with Gasteiger partial charge in [0.05, 0.1) is 4.88 Å². The van der Waals surface area contributed by atoms with Crippen molar-refractivity contribution in [1.29, 1.82) is 0 Å². The normalized spacial score (nSPS) is 21.1. The van der Waals surface area contributed by atoms with Gasteiger partial charge in [0.1, 0.15) is 6.04 Å². The minimum Gasteiger partial charge on any atom is -0.326 e. The highest BCUT2D eigenvalue weighted by molar-refractivity contribution is 9.10.